The van der Waals surface area contributed by atoms with E-state index in [1.165, 1.54) is 6.42 Å². The molecule has 19 heavy (non-hydrogen) atoms. The molecule has 1 fully saturated rings. The molecule has 1 saturated carbocycles. The van der Waals surface area contributed by atoms with Crippen molar-refractivity contribution in [3.63, 3.8) is 0 Å². The van der Waals surface area contributed by atoms with E-state index in [0.717, 1.165) is 31.6 Å². The number of nitrogens with one attached hydrogen (secondary N) is 1. The number of methoxy groups -OCH3 is 1. The van der Waals surface area contributed by atoms with Gasteiger partial charge in [-0.05, 0) is 37.5 Å². The summed E-state index contributed by atoms with van der Waals surface area (Å²) in [6.07, 6.45) is 5.41. The standard InChI is InChI=1S/C15H29NO3/c1-4-13-5-7-15(18,8-6-13)11-16-14(17)9-12(2)10-19-3/h12-13,18H,4-11H2,1-3H3,(H,16,17). The van der Waals surface area contributed by atoms with Crippen LogP contribution in [0.3, 0.4) is 0 Å². The van der Waals surface area contributed by atoms with Crippen LogP contribution in [0.2, 0.25) is 0 Å². The summed E-state index contributed by atoms with van der Waals surface area (Å²) in [5.41, 5.74) is -0.689. The number of hydrogen-bond acceptors (Lipinski definition) is 3. The summed E-state index contributed by atoms with van der Waals surface area (Å²) in [5, 5.41) is 13.3. The third-order valence-corrected chi connectivity index (χ3v) is 4.21. The summed E-state index contributed by atoms with van der Waals surface area (Å²) in [6.45, 7) is 5.18. The lowest BCUT2D eigenvalue weighted by atomic mass is 9.78. The summed E-state index contributed by atoms with van der Waals surface area (Å²) in [4.78, 5) is 11.8. The normalized spacial score (nSPS) is 28.9. The summed E-state index contributed by atoms with van der Waals surface area (Å²) in [5.74, 6) is 0.976. The van der Waals surface area contributed by atoms with Crippen LogP contribution in [0.25, 0.3) is 0 Å². The molecule has 112 valence electrons. The molecule has 1 aliphatic carbocycles. The van der Waals surface area contributed by atoms with Crippen molar-refractivity contribution in [2.75, 3.05) is 20.3 Å². The Morgan fingerprint density at radius 2 is 2.11 bits per heavy atom. The van der Waals surface area contributed by atoms with Gasteiger partial charge in [0.15, 0.2) is 0 Å². The number of carbonyl (C=O) groups is 1. The molecule has 1 rings (SSSR count). The minimum atomic E-state index is -0.689. The molecule has 4 nitrogen and oxygen atoms in total. The fourth-order valence-corrected chi connectivity index (χ4v) is 2.80. The highest BCUT2D eigenvalue weighted by Crippen LogP contribution is 2.33. The Labute approximate surface area is 116 Å². The maximum absolute atomic E-state index is 11.8. The van der Waals surface area contributed by atoms with E-state index in [0.29, 0.717) is 19.6 Å². The lowest BCUT2D eigenvalue weighted by molar-refractivity contribution is -0.124. The van der Waals surface area contributed by atoms with Gasteiger partial charge in [-0.1, -0.05) is 20.3 Å². The van der Waals surface area contributed by atoms with E-state index in [2.05, 4.69) is 12.2 Å². The van der Waals surface area contributed by atoms with Crippen molar-refractivity contribution in [3.05, 3.63) is 0 Å². The molecule has 0 radical (unpaired) electrons. The van der Waals surface area contributed by atoms with E-state index in [-0.39, 0.29) is 11.8 Å². The minimum Gasteiger partial charge on any atom is -0.388 e. The van der Waals surface area contributed by atoms with Gasteiger partial charge < -0.3 is 15.2 Å². The van der Waals surface area contributed by atoms with Crippen LogP contribution in [0.5, 0.6) is 0 Å². The van der Waals surface area contributed by atoms with Gasteiger partial charge >= 0.3 is 0 Å². The zero-order valence-corrected chi connectivity index (χ0v) is 12.6. The van der Waals surface area contributed by atoms with Crippen LogP contribution in [0.1, 0.15) is 52.4 Å². The number of amides is 1. The maximum atomic E-state index is 11.8. The highest BCUT2D eigenvalue weighted by atomic mass is 16.5. The smallest absolute Gasteiger partial charge is 0.220 e. The highest BCUT2D eigenvalue weighted by Gasteiger charge is 2.32. The number of carbonyl (C=O) groups excluding carboxylic acids is 1. The fraction of sp³-hybridized carbons (Fsp3) is 0.933. The zero-order chi connectivity index (χ0) is 14.3. The molecule has 4 heteroatoms. The predicted octanol–water partition coefficient (Wildman–Crippen LogP) is 2.11. The third-order valence-electron chi connectivity index (χ3n) is 4.21. The largest absolute Gasteiger partial charge is 0.388 e. The van der Waals surface area contributed by atoms with Gasteiger partial charge in [-0.3, -0.25) is 4.79 Å². The molecule has 0 saturated heterocycles. The summed E-state index contributed by atoms with van der Waals surface area (Å²) >= 11 is 0. The second kappa shape index (κ2) is 7.85. The summed E-state index contributed by atoms with van der Waals surface area (Å²) in [6, 6.07) is 0. The fourth-order valence-electron chi connectivity index (χ4n) is 2.80. The second-order valence-corrected chi connectivity index (χ2v) is 6.12. The van der Waals surface area contributed by atoms with Crippen LogP contribution >= 0.6 is 0 Å². The Morgan fingerprint density at radius 3 is 2.63 bits per heavy atom. The Balaban J connectivity index is 2.26. The minimum absolute atomic E-state index is 0.00981. The molecule has 0 bridgehead atoms. The van der Waals surface area contributed by atoms with Gasteiger partial charge in [0, 0.05) is 26.7 Å². The Morgan fingerprint density at radius 1 is 1.47 bits per heavy atom. The molecular formula is C15H29NO3. The first-order valence-corrected chi connectivity index (χ1v) is 7.47. The highest BCUT2D eigenvalue weighted by molar-refractivity contribution is 5.76. The van der Waals surface area contributed by atoms with Gasteiger partial charge in [-0.2, -0.15) is 0 Å². The van der Waals surface area contributed by atoms with Crippen LogP contribution in [-0.2, 0) is 9.53 Å². The van der Waals surface area contributed by atoms with Crippen molar-refractivity contribution in [1.82, 2.24) is 5.32 Å². The van der Waals surface area contributed by atoms with E-state index < -0.39 is 5.60 Å². The average Bonchev–Trinajstić information content (AvgIpc) is 2.38. The third kappa shape index (κ3) is 5.91. The average molecular weight is 271 g/mol. The first-order chi connectivity index (χ1) is 8.99. The predicted molar refractivity (Wildman–Crippen MR) is 75.9 cm³/mol. The molecular weight excluding hydrogens is 242 g/mol. The van der Waals surface area contributed by atoms with Crippen LogP contribution in [-0.4, -0.2) is 36.9 Å². The molecule has 0 aliphatic heterocycles. The second-order valence-electron chi connectivity index (χ2n) is 6.12. The van der Waals surface area contributed by atoms with E-state index in [1.54, 1.807) is 7.11 Å². The monoisotopic (exact) mass is 271 g/mol. The number of aliphatic hydroxyl groups is 1. The quantitative estimate of drug-likeness (QED) is 0.745. The number of hydrogen-bond donors (Lipinski definition) is 2. The topological polar surface area (TPSA) is 58.6 Å². The van der Waals surface area contributed by atoms with Crippen LogP contribution in [0.15, 0.2) is 0 Å². The lowest BCUT2D eigenvalue weighted by Gasteiger charge is -2.36. The van der Waals surface area contributed by atoms with E-state index in [4.69, 9.17) is 4.74 Å². The molecule has 1 aliphatic rings. The molecule has 1 atom stereocenters. The summed E-state index contributed by atoms with van der Waals surface area (Å²) in [7, 11) is 1.64. The van der Waals surface area contributed by atoms with Crippen LogP contribution in [0.4, 0.5) is 0 Å². The first kappa shape index (κ1) is 16.4. The SMILES string of the molecule is CCC1CCC(O)(CNC(=O)CC(C)COC)CC1. The van der Waals surface area contributed by atoms with Gasteiger partial charge in [0.25, 0.3) is 0 Å². The van der Waals surface area contributed by atoms with Crippen molar-refractivity contribution in [2.24, 2.45) is 11.8 Å². The van der Waals surface area contributed by atoms with E-state index >= 15 is 0 Å². The van der Waals surface area contributed by atoms with Crippen molar-refractivity contribution >= 4 is 5.91 Å². The Kier molecular flexibility index (Phi) is 6.80. The van der Waals surface area contributed by atoms with Gasteiger partial charge in [-0.15, -0.1) is 0 Å². The molecule has 0 aromatic heterocycles. The van der Waals surface area contributed by atoms with Gasteiger partial charge in [0.1, 0.15) is 0 Å². The summed E-state index contributed by atoms with van der Waals surface area (Å²) < 4.78 is 5.01. The first-order valence-electron chi connectivity index (χ1n) is 7.47. The molecule has 0 spiro atoms. The molecule has 2 N–H and O–H groups in total. The van der Waals surface area contributed by atoms with Crippen molar-refractivity contribution in [3.8, 4) is 0 Å². The number of rotatable bonds is 7. The van der Waals surface area contributed by atoms with Crippen molar-refractivity contribution < 1.29 is 14.6 Å². The van der Waals surface area contributed by atoms with E-state index in [1.807, 2.05) is 6.92 Å². The van der Waals surface area contributed by atoms with Crippen molar-refractivity contribution in [2.45, 2.75) is 58.0 Å². The Hall–Kier alpha value is -0.610. The van der Waals surface area contributed by atoms with Crippen LogP contribution < -0.4 is 5.32 Å². The lowest BCUT2D eigenvalue weighted by Crippen LogP contribution is -2.45. The molecule has 1 unspecified atom stereocenters. The molecule has 0 aromatic rings. The van der Waals surface area contributed by atoms with Gasteiger partial charge in [0.05, 0.1) is 5.60 Å². The maximum Gasteiger partial charge on any atom is 0.220 e. The molecule has 0 aromatic carbocycles. The number of ether oxygens (including phenoxy) is 1. The Bertz CT molecular complexity index is 273. The van der Waals surface area contributed by atoms with Gasteiger partial charge in [-0.25, -0.2) is 0 Å². The molecule has 1 amide bonds. The van der Waals surface area contributed by atoms with Crippen molar-refractivity contribution in [1.29, 1.82) is 0 Å². The van der Waals surface area contributed by atoms with Crippen LogP contribution in [0, 0.1) is 11.8 Å². The zero-order valence-electron chi connectivity index (χ0n) is 12.6. The molecule has 0 heterocycles. The van der Waals surface area contributed by atoms with Gasteiger partial charge in [0.2, 0.25) is 5.91 Å². The van der Waals surface area contributed by atoms with E-state index in [9.17, 15) is 9.90 Å².